The molecule has 8 heteroatoms. The van der Waals surface area contributed by atoms with E-state index in [-0.39, 0.29) is 5.56 Å². The number of rotatable bonds is 3. The zero-order valence-electron chi connectivity index (χ0n) is 9.36. The van der Waals surface area contributed by atoms with Crippen LogP contribution in [0.2, 0.25) is 0 Å². The highest BCUT2D eigenvalue weighted by molar-refractivity contribution is 5.32. The van der Waals surface area contributed by atoms with Crippen LogP contribution in [0.15, 0.2) is 24.8 Å². The highest BCUT2D eigenvalue weighted by atomic mass is 19.4. The third kappa shape index (κ3) is 2.33. The fourth-order valence-corrected chi connectivity index (χ4v) is 1.69. The lowest BCUT2D eigenvalue weighted by atomic mass is 10.0. The summed E-state index contributed by atoms with van der Waals surface area (Å²) in [5.74, 6) is 0.302. The van der Waals surface area contributed by atoms with Crippen molar-refractivity contribution in [2.75, 3.05) is 7.05 Å². The number of hydrogen-bond donors (Lipinski definition) is 2. The predicted octanol–water partition coefficient (Wildman–Crippen LogP) is 1.53. The van der Waals surface area contributed by atoms with Crippen molar-refractivity contribution in [2.45, 2.75) is 12.2 Å². The van der Waals surface area contributed by atoms with Gasteiger partial charge in [-0.05, 0) is 13.1 Å². The Morgan fingerprint density at radius 3 is 2.72 bits per heavy atom. The second kappa shape index (κ2) is 4.73. The van der Waals surface area contributed by atoms with Crippen LogP contribution < -0.4 is 5.32 Å². The minimum Gasteiger partial charge on any atom is -0.307 e. The fraction of sp³-hybridized carbons (Fsp3) is 0.300. The van der Waals surface area contributed by atoms with Gasteiger partial charge in [-0.25, -0.2) is 4.98 Å². The van der Waals surface area contributed by atoms with Gasteiger partial charge >= 0.3 is 6.18 Å². The Balaban J connectivity index is 2.50. The molecule has 0 saturated carbocycles. The molecule has 0 spiro atoms. The molecule has 2 N–H and O–H groups in total. The number of hydrogen-bond acceptors (Lipinski definition) is 4. The van der Waals surface area contributed by atoms with Gasteiger partial charge in [0.25, 0.3) is 0 Å². The van der Waals surface area contributed by atoms with Crippen LogP contribution in [0, 0.1) is 0 Å². The van der Waals surface area contributed by atoms with Crippen LogP contribution in [0.1, 0.15) is 23.0 Å². The van der Waals surface area contributed by atoms with Gasteiger partial charge in [0.05, 0.1) is 11.6 Å². The van der Waals surface area contributed by atoms with Crippen molar-refractivity contribution in [3.05, 3.63) is 41.7 Å². The smallest absolute Gasteiger partial charge is 0.307 e. The third-order valence-corrected chi connectivity index (χ3v) is 2.46. The molecule has 0 saturated heterocycles. The molecule has 2 rings (SSSR count). The Morgan fingerprint density at radius 1 is 1.39 bits per heavy atom. The monoisotopic (exact) mass is 257 g/mol. The first kappa shape index (κ1) is 12.5. The maximum Gasteiger partial charge on any atom is 0.416 e. The van der Waals surface area contributed by atoms with Crippen LogP contribution in [0.25, 0.3) is 0 Å². The van der Waals surface area contributed by atoms with Gasteiger partial charge in [0.1, 0.15) is 12.2 Å². The lowest BCUT2D eigenvalue weighted by Gasteiger charge is -2.18. The molecular formula is C10H10F3N5. The number of pyridine rings is 1. The SMILES string of the molecule is CNC(c1ncn[nH]1)c1cnccc1C(F)(F)F. The summed E-state index contributed by atoms with van der Waals surface area (Å²) in [6.07, 6.45) is -0.914. The quantitative estimate of drug-likeness (QED) is 0.875. The molecule has 5 nitrogen and oxygen atoms in total. The maximum atomic E-state index is 12.9. The summed E-state index contributed by atoms with van der Waals surface area (Å²) in [4.78, 5) is 7.60. The molecule has 0 aliphatic carbocycles. The molecule has 18 heavy (non-hydrogen) atoms. The summed E-state index contributed by atoms with van der Waals surface area (Å²) in [5, 5.41) is 8.94. The maximum absolute atomic E-state index is 12.9. The zero-order chi connectivity index (χ0) is 13.2. The molecule has 0 aliphatic heterocycles. The lowest BCUT2D eigenvalue weighted by Crippen LogP contribution is -2.23. The van der Waals surface area contributed by atoms with E-state index in [9.17, 15) is 13.2 Å². The van der Waals surface area contributed by atoms with Crippen molar-refractivity contribution in [3.8, 4) is 0 Å². The molecule has 0 bridgehead atoms. The van der Waals surface area contributed by atoms with E-state index < -0.39 is 17.8 Å². The minimum atomic E-state index is -4.44. The molecule has 0 aliphatic rings. The van der Waals surface area contributed by atoms with E-state index in [1.165, 1.54) is 12.5 Å². The normalized spacial score (nSPS) is 13.6. The molecule has 0 fully saturated rings. The first-order chi connectivity index (χ1) is 8.54. The van der Waals surface area contributed by atoms with Gasteiger partial charge < -0.3 is 5.32 Å². The molecule has 0 amide bonds. The number of alkyl halides is 3. The van der Waals surface area contributed by atoms with Crippen LogP contribution >= 0.6 is 0 Å². The average molecular weight is 257 g/mol. The number of aromatic amines is 1. The van der Waals surface area contributed by atoms with Crippen LogP contribution in [0.3, 0.4) is 0 Å². The van der Waals surface area contributed by atoms with E-state index in [0.717, 1.165) is 12.3 Å². The van der Waals surface area contributed by atoms with Gasteiger partial charge in [-0.15, -0.1) is 0 Å². The van der Waals surface area contributed by atoms with Crippen LogP contribution in [-0.2, 0) is 6.18 Å². The highest BCUT2D eigenvalue weighted by Crippen LogP contribution is 2.35. The van der Waals surface area contributed by atoms with Crippen LogP contribution in [-0.4, -0.2) is 27.2 Å². The van der Waals surface area contributed by atoms with E-state index in [1.54, 1.807) is 7.05 Å². The van der Waals surface area contributed by atoms with Crippen molar-refractivity contribution in [2.24, 2.45) is 0 Å². The van der Waals surface area contributed by atoms with Gasteiger partial charge in [0.15, 0.2) is 0 Å². The topological polar surface area (TPSA) is 66.5 Å². The summed E-state index contributed by atoms with van der Waals surface area (Å²) in [7, 11) is 1.54. The summed E-state index contributed by atoms with van der Waals surface area (Å²) in [6.45, 7) is 0. The molecule has 2 aromatic heterocycles. The largest absolute Gasteiger partial charge is 0.416 e. The Morgan fingerprint density at radius 2 is 2.17 bits per heavy atom. The first-order valence-corrected chi connectivity index (χ1v) is 5.07. The third-order valence-electron chi connectivity index (χ3n) is 2.46. The van der Waals surface area contributed by atoms with Crippen molar-refractivity contribution >= 4 is 0 Å². The molecule has 96 valence electrons. The Bertz CT molecular complexity index is 508. The van der Waals surface area contributed by atoms with Gasteiger partial charge in [-0.3, -0.25) is 10.1 Å². The number of nitrogens with one attached hydrogen (secondary N) is 2. The van der Waals surface area contributed by atoms with E-state index in [4.69, 9.17) is 0 Å². The number of halogens is 3. The van der Waals surface area contributed by atoms with Gasteiger partial charge in [-0.2, -0.15) is 18.3 Å². The molecule has 1 unspecified atom stereocenters. The molecule has 0 radical (unpaired) electrons. The summed E-state index contributed by atoms with van der Waals surface area (Å²) in [5.41, 5.74) is -0.738. The fourth-order valence-electron chi connectivity index (χ4n) is 1.69. The number of nitrogens with zero attached hydrogens (tertiary/aromatic N) is 3. The van der Waals surface area contributed by atoms with E-state index in [2.05, 4.69) is 25.5 Å². The van der Waals surface area contributed by atoms with Crippen LogP contribution in [0.4, 0.5) is 13.2 Å². The molecule has 2 aromatic rings. The van der Waals surface area contributed by atoms with Crippen molar-refractivity contribution in [3.63, 3.8) is 0 Å². The highest BCUT2D eigenvalue weighted by Gasteiger charge is 2.35. The van der Waals surface area contributed by atoms with Crippen molar-refractivity contribution < 1.29 is 13.2 Å². The second-order valence-corrected chi connectivity index (χ2v) is 3.55. The van der Waals surface area contributed by atoms with E-state index >= 15 is 0 Å². The van der Waals surface area contributed by atoms with E-state index in [0.29, 0.717) is 5.82 Å². The summed E-state index contributed by atoms with van der Waals surface area (Å²) in [6, 6.07) is 0.202. The van der Waals surface area contributed by atoms with Gasteiger partial charge in [0, 0.05) is 18.0 Å². The Kier molecular flexibility index (Phi) is 3.28. The van der Waals surface area contributed by atoms with Crippen molar-refractivity contribution in [1.29, 1.82) is 0 Å². The second-order valence-electron chi connectivity index (χ2n) is 3.55. The van der Waals surface area contributed by atoms with Gasteiger partial charge in [0.2, 0.25) is 0 Å². The average Bonchev–Trinajstić information content (AvgIpc) is 2.83. The Labute approximate surface area is 100 Å². The first-order valence-electron chi connectivity index (χ1n) is 5.07. The van der Waals surface area contributed by atoms with Gasteiger partial charge in [-0.1, -0.05) is 0 Å². The predicted molar refractivity (Wildman–Crippen MR) is 56.5 cm³/mol. The van der Waals surface area contributed by atoms with Crippen molar-refractivity contribution in [1.82, 2.24) is 25.5 Å². The van der Waals surface area contributed by atoms with E-state index in [1.807, 2.05) is 0 Å². The summed E-state index contributed by atoms with van der Waals surface area (Å²) >= 11 is 0. The Hall–Kier alpha value is -1.96. The minimum absolute atomic E-state index is 0.00394. The summed E-state index contributed by atoms with van der Waals surface area (Å²) < 4.78 is 38.7. The van der Waals surface area contributed by atoms with Crippen LogP contribution in [0.5, 0.6) is 0 Å². The standard InChI is InChI=1S/C10H10F3N5/c1-14-8(9-16-5-17-18-9)6-4-15-3-2-7(6)10(11,12)13/h2-5,8,14H,1H3,(H,16,17,18). The number of aromatic nitrogens is 4. The molecular weight excluding hydrogens is 247 g/mol. The molecule has 0 aromatic carbocycles. The molecule has 2 heterocycles. The number of H-pyrrole nitrogens is 1. The zero-order valence-corrected chi connectivity index (χ0v) is 9.36. The lowest BCUT2D eigenvalue weighted by molar-refractivity contribution is -0.138. The molecule has 1 atom stereocenters.